The molecule has 6 heterocycles. The molecule has 2 aromatic heterocycles. The zero-order valence-electron chi connectivity index (χ0n) is 36.3. The number of piperidine rings is 2. The molecule has 64 heavy (non-hydrogen) atoms. The van der Waals surface area contributed by atoms with E-state index in [0.29, 0.717) is 34.2 Å². The molecule has 3 saturated heterocycles. The molecule has 3 atom stereocenters. The molecule has 15 heteroatoms. The molecule has 0 spiro atoms. The van der Waals surface area contributed by atoms with Gasteiger partial charge in [0.2, 0.25) is 17.8 Å². The lowest BCUT2D eigenvalue weighted by Gasteiger charge is -2.47. The summed E-state index contributed by atoms with van der Waals surface area (Å²) in [4.78, 5) is 86.0. The topological polar surface area (TPSA) is 173 Å². The van der Waals surface area contributed by atoms with Crippen molar-refractivity contribution >= 4 is 52.5 Å². The van der Waals surface area contributed by atoms with E-state index in [1.54, 1.807) is 30.7 Å². The van der Waals surface area contributed by atoms with Crippen molar-refractivity contribution in [1.29, 1.82) is 0 Å². The van der Waals surface area contributed by atoms with Crippen LogP contribution < -0.4 is 20.9 Å². The monoisotopic (exact) mass is 860 g/mol. The average molecular weight is 861 g/mol. The standard InChI is InChI=1S/C49H52N10O5/c1-30-6-11-37(23-42(30)54-49-51-20-16-41(53-49)36-5-4-19-50-25-36)52-45(61)35-9-7-33(8-10-35)28-56-21-17-34(18-22-56)29-57-26-31(2)58(32(3)27-57)38-12-13-39-40(24-38)48(64)59(47(39)63)43-14-15-44(60)55-46(43)62/h4-13,16,19-20,23-25,31-32,34,43H,14-15,17-18,21-22,26-29H2,1-3H3,(H,52,61)(H,51,53,54)(H,55,60,62). The van der Waals surface area contributed by atoms with Crippen LogP contribution in [-0.2, 0) is 16.1 Å². The van der Waals surface area contributed by atoms with Gasteiger partial charge in [-0.05, 0) is 131 Å². The van der Waals surface area contributed by atoms with E-state index in [1.807, 2.05) is 73.7 Å². The van der Waals surface area contributed by atoms with E-state index >= 15 is 0 Å². The number of aromatic nitrogens is 3. The van der Waals surface area contributed by atoms with Crippen molar-refractivity contribution in [2.45, 2.75) is 71.1 Å². The molecule has 3 N–H and O–H groups in total. The van der Waals surface area contributed by atoms with Gasteiger partial charge in [-0.15, -0.1) is 0 Å². The summed E-state index contributed by atoms with van der Waals surface area (Å²) in [6.07, 6.45) is 7.64. The van der Waals surface area contributed by atoms with E-state index in [2.05, 4.69) is 59.4 Å². The number of rotatable bonds is 11. The fourth-order valence-electron chi connectivity index (χ4n) is 9.67. The fraction of sp³-hybridized carbons (Fsp3) is 0.347. The Bertz CT molecular complexity index is 2580. The van der Waals surface area contributed by atoms with Gasteiger partial charge in [-0.2, -0.15) is 0 Å². The SMILES string of the molecule is Cc1ccc(NC(=O)c2ccc(CN3CCC(CN4CC(C)N(c5ccc6c(c5)C(=O)N(C5CCC(=O)NC5=O)C6=O)C(C)C4)CC3)cc2)cc1Nc1nccc(-c2cccnc2)n1. The molecule has 3 aromatic carbocycles. The van der Waals surface area contributed by atoms with Crippen LogP contribution in [0.3, 0.4) is 0 Å². The summed E-state index contributed by atoms with van der Waals surface area (Å²) in [6, 6.07) is 24.0. The van der Waals surface area contributed by atoms with Crippen LogP contribution in [-0.4, -0.2) is 110 Å². The first-order valence-electron chi connectivity index (χ1n) is 22.1. The quantitative estimate of drug-likeness (QED) is 0.131. The summed E-state index contributed by atoms with van der Waals surface area (Å²) in [6.45, 7) is 12.1. The molecule has 328 valence electrons. The van der Waals surface area contributed by atoms with Gasteiger partial charge in [0.05, 0.1) is 16.8 Å². The molecule has 0 radical (unpaired) electrons. The minimum Gasteiger partial charge on any atom is -0.364 e. The number of likely N-dealkylation sites (tertiary alicyclic amines) is 1. The summed E-state index contributed by atoms with van der Waals surface area (Å²) >= 11 is 0. The van der Waals surface area contributed by atoms with Crippen molar-refractivity contribution in [3.8, 4) is 11.3 Å². The third-order valence-corrected chi connectivity index (χ3v) is 12.9. The Hall–Kier alpha value is -6.84. The number of aryl methyl sites for hydroxylation is 1. The van der Waals surface area contributed by atoms with Gasteiger partial charge in [0.1, 0.15) is 6.04 Å². The van der Waals surface area contributed by atoms with Gasteiger partial charge >= 0.3 is 0 Å². The number of imide groups is 2. The van der Waals surface area contributed by atoms with Crippen LogP contribution in [0.15, 0.2) is 97.5 Å². The highest BCUT2D eigenvalue weighted by Crippen LogP contribution is 2.34. The van der Waals surface area contributed by atoms with E-state index in [9.17, 15) is 24.0 Å². The maximum atomic E-state index is 13.5. The third-order valence-electron chi connectivity index (χ3n) is 12.9. The van der Waals surface area contributed by atoms with Gasteiger partial charge in [0, 0.05) is 91.5 Å². The summed E-state index contributed by atoms with van der Waals surface area (Å²) in [5, 5.41) is 8.60. The highest BCUT2D eigenvalue weighted by Gasteiger charge is 2.45. The van der Waals surface area contributed by atoms with Crippen molar-refractivity contribution in [2.24, 2.45) is 5.92 Å². The van der Waals surface area contributed by atoms with Crippen LogP contribution in [0.1, 0.15) is 81.7 Å². The molecule has 0 bridgehead atoms. The number of pyridine rings is 1. The van der Waals surface area contributed by atoms with Crippen molar-refractivity contribution < 1.29 is 24.0 Å². The predicted molar refractivity (Wildman–Crippen MR) is 243 cm³/mol. The lowest BCUT2D eigenvalue weighted by Crippen LogP contribution is -2.58. The number of nitrogens with one attached hydrogen (secondary N) is 3. The van der Waals surface area contributed by atoms with Crippen LogP contribution in [0.4, 0.5) is 23.0 Å². The van der Waals surface area contributed by atoms with Crippen molar-refractivity contribution in [3.63, 3.8) is 0 Å². The number of hydrogen-bond acceptors (Lipinski definition) is 12. The van der Waals surface area contributed by atoms with Gasteiger partial charge in [0.25, 0.3) is 17.7 Å². The molecule has 5 amide bonds. The van der Waals surface area contributed by atoms with E-state index in [1.165, 1.54) is 5.56 Å². The number of benzene rings is 3. The van der Waals surface area contributed by atoms with E-state index < -0.39 is 29.7 Å². The Morgan fingerprint density at radius 2 is 1.59 bits per heavy atom. The van der Waals surface area contributed by atoms with Crippen LogP contribution >= 0.6 is 0 Å². The van der Waals surface area contributed by atoms with E-state index in [-0.39, 0.29) is 30.8 Å². The molecule has 0 aliphatic carbocycles. The second-order valence-electron chi connectivity index (χ2n) is 17.5. The second-order valence-corrected chi connectivity index (χ2v) is 17.5. The minimum atomic E-state index is -0.982. The van der Waals surface area contributed by atoms with E-state index in [4.69, 9.17) is 0 Å². The number of piperazine rings is 1. The Labute approximate surface area is 372 Å². The Balaban J connectivity index is 0.738. The van der Waals surface area contributed by atoms with Crippen molar-refractivity contribution in [3.05, 3.63) is 125 Å². The molecule has 4 aliphatic heterocycles. The number of nitrogens with zero attached hydrogens (tertiary/aromatic N) is 7. The number of hydrogen-bond donors (Lipinski definition) is 3. The molecule has 0 saturated carbocycles. The van der Waals surface area contributed by atoms with Gasteiger partial charge < -0.3 is 15.5 Å². The first-order chi connectivity index (χ1) is 31.0. The Morgan fingerprint density at radius 1 is 0.828 bits per heavy atom. The maximum absolute atomic E-state index is 13.5. The molecule has 9 rings (SSSR count). The van der Waals surface area contributed by atoms with Gasteiger partial charge in [-0.1, -0.05) is 18.2 Å². The molecule has 3 fully saturated rings. The lowest BCUT2D eigenvalue weighted by molar-refractivity contribution is -0.136. The lowest BCUT2D eigenvalue weighted by atomic mass is 9.94. The number of amides is 5. The zero-order chi connectivity index (χ0) is 44.5. The minimum absolute atomic E-state index is 0.0887. The van der Waals surface area contributed by atoms with Crippen molar-refractivity contribution in [1.82, 2.24) is 35.0 Å². The number of carbonyl (C=O) groups excluding carboxylic acids is 5. The van der Waals surface area contributed by atoms with Gasteiger partial charge in [-0.3, -0.25) is 49.0 Å². The Kier molecular flexibility index (Phi) is 12.0. The molecule has 15 nitrogen and oxygen atoms in total. The summed E-state index contributed by atoms with van der Waals surface area (Å²) < 4.78 is 0. The van der Waals surface area contributed by atoms with Crippen molar-refractivity contribution in [2.75, 3.05) is 48.3 Å². The highest BCUT2D eigenvalue weighted by molar-refractivity contribution is 6.23. The predicted octanol–water partition coefficient (Wildman–Crippen LogP) is 6.06. The van der Waals surface area contributed by atoms with Gasteiger partial charge in [-0.25, -0.2) is 9.97 Å². The molecule has 3 unspecified atom stereocenters. The maximum Gasteiger partial charge on any atom is 0.262 e. The van der Waals surface area contributed by atoms with Crippen LogP contribution in [0, 0.1) is 12.8 Å². The van der Waals surface area contributed by atoms with E-state index in [0.717, 1.165) is 85.2 Å². The summed E-state index contributed by atoms with van der Waals surface area (Å²) in [7, 11) is 0. The average Bonchev–Trinajstić information content (AvgIpc) is 3.53. The third kappa shape index (κ3) is 8.99. The normalized spacial score (nSPS) is 20.9. The van der Waals surface area contributed by atoms with Crippen LogP contribution in [0.2, 0.25) is 0 Å². The van der Waals surface area contributed by atoms with Crippen LogP contribution in [0.25, 0.3) is 11.3 Å². The molecule has 5 aromatic rings. The second kappa shape index (κ2) is 18.1. The first kappa shape index (κ1) is 42.5. The highest BCUT2D eigenvalue weighted by atomic mass is 16.2. The fourth-order valence-corrected chi connectivity index (χ4v) is 9.67. The largest absolute Gasteiger partial charge is 0.364 e. The molecular weight excluding hydrogens is 809 g/mol. The first-order valence-corrected chi connectivity index (χ1v) is 22.1. The number of anilines is 4. The van der Waals surface area contributed by atoms with Crippen LogP contribution in [0.5, 0.6) is 0 Å². The van der Waals surface area contributed by atoms with Gasteiger partial charge in [0.15, 0.2) is 0 Å². The zero-order valence-corrected chi connectivity index (χ0v) is 36.3. The summed E-state index contributed by atoms with van der Waals surface area (Å²) in [5.41, 5.74) is 7.34. The molecule has 4 aliphatic rings. The smallest absolute Gasteiger partial charge is 0.262 e. The number of carbonyl (C=O) groups is 5. The number of fused-ring (bicyclic) bond motifs is 1. The molecular formula is C49H52N10O5. The summed E-state index contributed by atoms with van der Waals surface area (Å²) in [5.74, 6) is -1.11. The Morgan fingerprint density at radius 3 is 2.33 bits per heavy atom.